The predicted molar refractivity (Wildman–Crippen MR) is 79.1 cm³/mol. The number of hydrogen-bond acceptors (Lipinski definition) is 3. The van der Waals surface area contributed by atoms with Gasteiger partial charge in [0.2, 0.25) is 0 Å². The number of hydrogen-bond donors (Lipinski definition) is 0. The van der Waals surface area contributed by atoms with E-state index in [9.17, 15) is 5.26 Å². The van der Waals surface area contributed by atoms with Gasteiger partial charge in [-0.1, -0.05) is 12.1 Å². The second-order valence-electron chi connectivity index (χ2n) is 5.15. The van der Waals surface area contributed by atoms with Crippen LogP contribution in [-0.4, -0.2) is 33.1 Å². The van der Waals surface area contributed by atoms with Crippen LogP contribution in [0.5, 0.6) is 0 Å². The van der Waals surface area contributed by atoms with Crippen LogP contribution in [0.2, 0.25) is 0 Å². The van der Waals surface area contributed by atoms with E-state index < -0.39 is 0 Å². The zero-order valence-corrected chi connectivity index (χ0v) is 11.9. The molecule has 3 nitrogen and oxygen atoms in total. The summed E-state index contributed by atoms with van der Waals surface area (Å²) in [5.74, 6) is 0.197. The lowest BCUT2D eigenvalue weighted by Crippen LogP contribution is -2.09. The van der Waals surface area contributed by atoms with Gasteiger partial charge in [-0.25, -0.2) is 0 Å². The highest BCUT2D eigenvalue weighted by atomic mass is 15.1. The lowest BCUT2D eigenvalue weighted by molar-refractivity contribution is 0.530. The Morgan fingerprint density at radius 1 is 1.11 bits per heavy atom. The maximum Gasteiger partial charge on any atom is 0.0995 e. The molecule has 0 bridgehead atoms. The number of benzene rings is 1. The largest absolute Gasteiger partial charge is 0.378 e. The first-order chi connectivity index (χ1) is 9.02. The van der Waals surface area contributed by atoms with Crippen LogP contribution in [-0.2, 0) is 0 Å². The smallest absolute Gasteiger partial charge is 0.0995 e. The summed E-state index contributed by atoms with van der Waals surface area (Å²) in [6.07, 6.45) is 6.43. The van der Waals surface area contributed by atoms with Crippen molar-refractivity contribution in [3.05, 3.63) is 53.3 Å². The minimum atomic E-state index is 0.197. The van der Waals surface area contributed by atoms with E-state index in [-0.39, 0.29) is 5.92 Å². The van der Waals surface area contributed by atoms with E-state index in [0.717, 1.165) is 16.8 Å². The summed E-state index contributed by atoms with van der Waals surface area (Å²) >= 11 is 0. The Morgan fingerprint density at radius 3 is 2.37 bits per heavy atom. The summed E-state index contributed by atoms with van der Waals surface area (Å²) in [5, 5.41) is 9.34. The van der Waals surface area contributed by atoms with Gasteiger partial charge in [-0.15, -0.1) is 0 Å². The molecule has 0 spiro atoms. The van der Waals surface area contributed by atoms with Crippen LogP contribution < -0.4 is 4.90 Å². The van der Waals surface area contributed by atoms with E-state index in [1.54, 1.807) is 0 Å². The van der Waals surface area contributed by atoms with E-state index in [0.29, 0.717) is 0 Å². The van der Waals surface area contributed by atoms with Crippen LogP contribution in [0, 0.1) is 11.3 Å². The Hall–Kier alpha value is -2.21. The van der Waals surface area contributed by atoms with Gasteiger partial charge < -0.3 is 9.80 Å². The molecule has 0 radical (unpaired) electrons. The van der Waals surface area contributed by atoms with E-state index >= 15 is 0 Å². The molecular weight excluding hydrogens is 234 g/mol. The molecule has 0 saturated carbocycles. The lowest BCUT2D eigenvalue weighted by atomic mass is 9.95. The Morgan fingerprint density at radius 2 is 1.84 bits per heavy atom. The van der Waals surface area contributed by atoms with Gasteiger partial charge in [-0.05, 0) is 29.8 Å². The first-order valence-electron chi connectivity index (χ1n) is 6.31. The molecule has 0 saturated heterocycles. The van der Waals surface area contributed by atoms with Crippen molar-refractivity contribution in [3.8, 4) is 6.07 Å². The number of likely N-dealkylation sites (N-methyl/N-ethyl adjacent to an activating group) is 1. The highest BCUT2D eigenvalue weighted by molar-refractivity contribution is 5.57. The molecule has 1 atom stereocenters. The maximum atomic E-state index is 9.34. The fraction of sp³-hybridized carbons (Fsp3) is 0.312. The molecule has 0 amide bonds. The molecule has 1 unspecified atom stereocenters. The third-order valence-electron chi connectivity index (χ3n) is 3.37. The molecule has 1 aliphatic carbocycles. The highest BCUT2D eigenvalue weighted by Gasteiger charge is 2.16. The third-order valence-corrected chi connectivity index (χ3v) is 3.37. The highest BCUT2D eigenvalue weighted by Crippen LogP contribution is 2.31. The summed E-state index contributed by atoms with van der Waals surface area (Å²) in [5.41, 5.74) is 4.06. The van der Waals surface area contributed by atoms with Crippen molar-refractivity contribution in [1.29, 1.82) is 5.26 Å². The van der Waals surface area contributed by atoms with Gasteiger partial charge in [0.05, 0.1) is 11.6 Å². The van der Waals surface area contributed by atoms with E-state index in [2.05, 4.69) is 41.3 Å². The van der Waals surface area contributed by atoms with Gasteiger partial charge in [-0.2, -0.15) is 5.26 Å². The molecule has 3 heteroatoms. The van der Waals surface area contributed by atoms with Crippen molar-refractivity contribution in [2.24, 2.45) is 0 Å². The number of rotatable bonds is 3. The van der Waals surface area contributed by atoms with Gasteiger partial charge in [0.15, 0.2) is 0 Å². The number of anilines is 1. The maximum absolute atomic E-state index is 9.34. The summed E-state index contributed by atoms with van der Waals surface area (Å²) in [7, 11) is 8.02. The van der Waals surface area contributed by atoms with Crippen LogP contribution in [0.25, 0.3) is 0 Å². The molecule has 0 heterocycles. The topological polar surface area (TPSA) is 30.3 Å². The molecule has 1 aliphatic rings. The molecule has 0 N–H and O–H groups in total. The molecule has 1 aromatic carbocycles. The molecule has 19 heavy (non-hydrogen) atoms. The van der Waals surface area contributed by atoms with Gasteiger partial charge in [0.1, 0.15) is 0 Å². The van der Waals surface area contributed by atoms with Crippen molar-refractivity contribution in [1.82, 2.24) is 4.90 Å². The average Bonchev–Trinajstić information content (AvgIpc) is 2.87. The normalized spacial score (nSPS) is 17.0. The minimum Gasteiger partial charge on any atom is -0.378 e. The van der Waals surface area contributed by atoms with Crippen molar-refractivity contribution < 1.29 is 0 Å². The molecule has 0 aliphatic heterocycles. The lowest BCUT2D eigenvalue weighted by Gasteiger charge is -2.16. The molecule has 98 valence electrons. The first-order valence-corrected chi connectivity index (χ1v) is 6.31. The van der Waals surface area contributed by atoms with Crippen LogP contribution in [0.15, 0.2) is 42.1 Å². The van der Waals surface area contributed by atoms with E-state index in [1.807, 2.05) is 39.2 Å². The molecule has 0 fully saturated rings. The first kappa shape index (κ1) is 13.2. The van der Waals surface area contributed by atoms with Gasteiger partial charge in [0, 0.05) is 45.5 Å². The Balaban J connectivity index is 2.38. The minimum absolute atomic E-state index is 0.197. The molecule has 2 rings (SSSR count). The van der Waals surface area contributed by atoms with Crippen LogP contribution in [0.1, 0.15) is 17.0 Å². The summed E-state index contributed by atoms with van der Waals surface area (Å²) in [6, 6.07) is 8.37. The monoisotopic (exact) mass is 253 g/mol. The van der Waals surface area contributed by atoms with Crippen molar-refractivity contribution in [3.63, 3.8) is 0 Å². The van der Waals surface area contributed by atoms with Gasteiger partial charge >= 0.3 is 0 Å². The fourth-order valence-corrected chi connectivity index (χ4v) is 2.20. The molecule has 1 aromatic rings. The van der Waals surface area contributed by atoms with Crippen molar-refractivity contribution in [2.45, 2.75) is 5.92 Å². The second kappa shape index (κ2) is 5.19. The standard InChI is InChI=1S/C16H19N3/c1-18(2)14-6-5-12(9-14)16-8-7-15(19(3)4)10-13(16)11-17/h5-10,12H,1-4H3. The third kappa shape index (κ3) is 2.63. The Kier molecular flexibility index (Phi) is 3.62. The van der Waals surface area contributed by atoms with E-state index in [1.165, 1.54) is 5.70 Å². The van der Waals surface area contributed by atoms with Gasteiger partial charge in [-0.3, -0.25) is 0 Å². The van der Waals surface area contributed by atoms with Crippen LogP contribution >= 0.6 is 0 Å². The van der Waals surface area contributed by atoms with Crippen molar-refractivity contribution in [2.75, 3.05) is 33.1 Å². The Labute approximate surface area is 115 Å². The zero-order valence-electron chi connectivity index (χ0n) is 11.9. The predicted octanol–water partition coefficient (Wildman–Crippen LogP) is 2.72. The summed E-state index contributed by atoms with van der Waals surface area (Å²) in [6.45, 7) is 0. The van der Waals surface area contributed by atoms with E-state index in [4.69, 9.17) is 0 Å². The number of nitrogens with zero attached hydrogens (tertiary/aromatic N) is 3. The average molecular weight is 253 g/mol. The quantitative estimate of drug-likeness (QED) is 0.829. The second-order valence-corrected chi connectivity index (χ2v) is 5.15. The Bertz CT molecular complexity index is 574. The molecular formula is C16H19N3. The summed E-state index contributed by atoms with van der Waals surface area (Å²) in [4.78, 5) is 4.09. The van der Waals surface area contributed by atoms with Crippen molar-refractivity contribution >= 4 is 5.69 Å². The van der Waals surface area contributed by atoms with Gasteiger partial charge in [0.25, 0.3) is 0 Å². The zero-order chi connectivity index (χ0) is 14.0. The molecule has 0 aromatic heterocycles. The van der Waals surface area contributed by atoms with Crippen LogP contribution in [0.4, 0.5) is 5.69 Å². The number of allylic oxidation sites excluding steroid dienone is 3. The van der Waals surface area contributed by atoms with Crippen LogP contribution in [0.3, 0.4) is 0 Å². The number of nitriles is 1. The SMILES string of the molecule is CN(C)C1=CC(c2ccc(N(C)C)cc2C#N)C=C1. The fourth-order valence-electron chi connectivity index (χ4n) is 2.20. The summed E-state index contributed by atoms with van der Waals surface area (Å²) < 4.78 is 0.